The number of pyridine rings is 1. The standard InChI is InChI=1S/C19H27N3O5/c1-12(2)16-9-14(10-17(24)20-16)19(27)21-7-4-5-15(6-8-21)22(13(3)23)11-18(25)26/h9-10,12,15H,4-8,11H2,1-3H3,(H,20,24)(H,25,26). The van der Waals surface area contributed by atoms with Crippen molar-refractivity contribution in [1.82, 2.24) is 14.8 Å². The molecular formula is C19H27N3O5. The van der Waals surface area contributed by atoms with Crippen molar-refractivity contribution in [3.05, 3.63) is 33.7 Å². The first kappa shape index (κ1) is 20.7. The van der Waals surface area contributed by atoms with Crippen LogP contribution in [0.15, 0.2) is 16.9 Å². The number of amides is 2. The summed E-state index contributed by atoms with van der Waals surface area (Å²) >= 11 is 0. The monoisotopic (exact) mass is 377 g/mol. The maximum Gasteiger partial charge on any atom is 0.323 e. The molecule has 1 aliphatic heterocycles. The normalized spacial score (nSPS) is 17.5. The lowest BCUT2D eigenvalue weighted by Gasteiger charge is -2.28. The molecule has 0 bridgehead atoms. The highest BCUT2D eigenvalue weighted by molar-refractivity contribution is 5.94. The van der Waals surface area contributed by atoms with Crippen LogP contribution in [0, 0.1) is 0 Å². The lowest BCUT2D eigenvalue weighted by Crippen LogP contribution is -2.43. The topological polar surface area (TPSA) is 111 Å². The summed E-state index contributed by atoms with van der Waals surface area (Å²) in [6.45, 7) is 5.83. The van der Waals surface area contributed by atoms with E-state index in [9.17, 15) is 19.2 Å². The molecule has 8 heteroatoms. The average Bonchev–Trinajstić information content (AvgIpc) is 2.84. The predicted octanol–water partition coefficient (Wildman–Crippen LogP) is 1.43. The molecular weight excluding hydrogens is 350 g/mol. The summed E-state index contributed by atoms with van der Waals surface area (Å²) in [6, 6.07) is 2.81. The van der Waals surface area contributed by atoms with E-state index in [1.807, 2.05) is 13.8 Å². The van der Waals surface area contributed by atoms with Crippen LogP contribution < -0.4 is 5.56 Å². The summed E-state index contributed by atoms with van der Waals surface area (Å²) in [7, 11) is 0. The van der Waals surface area contributed by atoms with Crippen molar-refractivity contribution in [1.29, 1.82) is 0 Å². The average molecular weight is 377 g/mol. The molecule has 148 valence electrons. The third-order valence-corrected chi connectivity index (χ3v) is 4.87. The molecule has 1 aliphatic rings. The Bertz CT molecular complexity index is 771. The number of carbonyl (C=O) groups is 3. The Kier molecular flexibility index (Phi) is 6.76. The number of carboxylic acids is 1. The van der Waals surface area contributed by atoms with Crippen molar-refractivity contribution in [2.24, 2.45) is 0 Å². The molecule has 0 saturated carbocycles. The number of aromatic nitrogens is 1. The number of hydrogen-bond acceptors (Lipinski definition) is 4. The van der Waals surface area contributed by atoms with Crippen molar-refractivity contribution < 1.29 is 19.5 Å². The second-order valence-corrected chi connectivity index (χ2v) is 7.26. The summed E-state index contributed by atoms with van der Waals surface area (Å²) in [6.07, 6.45) is 1.82. The number of aromatic amines is 1. The second-order valence-electron chi connectivity index (χ2n) is 7.26. The first-order valence-corrected chi connectivity index (χ1v) is 9.21. The van der Waals surface area contributed by atoms with E-state index in [0.717, 1.165) is 0 Å². The number of H-pyrrole nitrogens is 1. The Labute approximate surface area is 158 Å². The Hall–Kier alpha value is -2.64. The fourth-order valence-corrected chi connectivity index (χ4v) is 3.42. The van der Waals surface area contributed by atoms with Crippen LogP contribution in [-0.2, 0) is 9.59 Å². The Morgan fingerprint density at radius 2 is 1.96 bits per heavy atom. The first-order chi connectivity index (χ1) is 12.7. The molecule has 0 aromatic carbocycles. The highest BCUT2D eigenvalue weighted by Gasteiger charge is 2.28. The van der Waals surface area contributed by atoms with E-state index in [1.54, 1.807) is 11.0 Å². The number of aliphatic carboxylic acids is 1. The molecule has 2 amide bonds. The molecule has 2 heterocycles. The van der Waals surface area contributed by atoms with Gasteiger partial charge in [0.2, 0.25) is 11.5 Å². The van der Waals surface area contributed by atoms with Crippen molar-refractivity contribution in [2.45, 2.75) is 52.0 Å². The molecule has 2 N–H and O–H groups in total. The van der Waals surface area contributed by atoms with Crippen molar-refractivity contribution in [2.75, 3.05) is 19.6 Å². The van der Waals surface area contributed by atoms with Gasteiger partial charge in [0.25, 0.3) is 5.91 Å². The highest BCUT2D eigenvalue weighted by Crippen LogP contribution is 2.19. The molecule has 27 heavy (non-hydrogen) atoms. The van der Waals surface area contributed by atoms with Crippen LogP contribution in [-0.4, -0.2) is 63.4 Å². The van der Waals surface area contributed by atoms with Crippen LogP contribution in [0.5, 0.6) is 0 Å². The summed E-state index contributed by atoms with van der Waals surface area (Å²) in [5, 5.41) is 9.03. The molecule has 8 nitrogen and oxygen atoms in total. The summed E-state index contributed by atoms with van der Waals surface area (Å²) < 4.78 is 0. The van der Waals surface area contributed by atoms with Crippen LogP contribution in [0.3, 0.4) is 0 Å². The first-order valence-electron chi connectivity index (χ1n) is 9.21. The van der Waals surface area contributed by atoms with Gasteiger partial charge in [-0.1, -0.05) is 13.8 Å². The molecule has 1 aromatic rings. The minimum absolute atomic E-state index is 0.0964. The van der Waals surface area contributed by atoms with Crippen LogP contribution in [0.4, 0.5) is 0 Å². The summed E-state index contributed by atoms with van der Waals surface area (Å²) in [4.78, 5) is 53.4. The maximum atomic E-state index is 12.9. The number of nitrogens with zero attached hydrogens (tertiary/aromatic N) is 2. The SMILES string of the molecule is CC(=O)N(CC(=O)O)C1CCCN(C(=O)c2cc(C(C)C)[nH]c(=O)c2)CC1. The van der Waals surface area contributed by atoms with Crippen LogP contribution in [0.2, 0.25) is 0 Å². The number of likely N-dealkylation sites (tertiary alicyclic amines) is 1. The van der Waals surface area contributed by atoms with Crippen LogP contribution in [0.25, 0.3) is 0 Å². The molecule has 2 rings (SSSR count). The number of carbonyl (C=O) groups excluding carboxylic acids is 2. The fourth-order valence-electron chi connectivity index (χ4n) is 3.42. The predicted molar refractivity (Wildman–Crippen MR) is 99.7 cm³/mol. The minimum Gasteiger partial charge on any atom is -0.480 e. The number of hydrogen-bond donors (Lipinski definition) is 2. The van der Waals surface area contributed by atoms with Crippen LogP contribution >= 0.6 is 0 Å². The smallest absolute Gasteiger partial charge is 0.323 e. The summed E-state index contributed by atoms with van der Waals surface area (Å²) in [5.41, 5.74) is 0.763. The third-order valence-electron chi connectivity index (χ3n) is 4.87. The largest absolute Gasteiger partial charge is 0.480 e. The zero-order valence-corrected chi connectivity index (χ0v) is 16.0. The summed E-state index contributed by atoms with van der Waals surface area (Å²) in [5.74, 6) is -1.44. The second kappa shape index (κ2) is 8.83. The quantitative estimate of drug-likeness (QED) is 0.806. The van der Waals surface area contributed by atoms with Gasteiger partial charge in [-0.25, -0.2) is 0 Å². The lowest BCUT2D eigenvalue weighted by atomic mass is 10.1. The zero-order valence-electron chi connectivity index (χ0n) is 16.0. The molecule has 1 aromatic heterocycles. The zero-order chi connectivity index (χ0) is 20.1. The van der Waals surface area contributed by atoms with E-state index in [0.29, 0.717) is 43.6 Å². The minimum atomic E-state index is -1.05. The van der Waals surface area contributed by atoms with E-state index in [1.165, 1.54) is 17.9 Å². The van der Waals surface area contributed by atoms with Crippen LogP contribution in [0.1, 0.15) is 62.0 Å². The molecule has 0 radical (unpaired) electrons. The van der Waals surface area contributed by atoms with Crippen molar-refractivity contribution in [3.8, 4) is 0 Å². The van der Waals surface area contributed by atoms with E-state index in [-0.39, 0.29) is 35.9 Å². The Balaban J connectivity index is 2.13. The highest BCUT2D eigenvalue weighted by atomic mass is 16.4. The Morgan fingerprint density at radius 1 is 1.26 bits per heavy atom. The molecule has 1 fully saturated rings. The molecule has 0 spiro atoms. The number of carboxylic acid groups (broad SMARTS) is 1. The van der Waals surface area contributed by atoms with E-state index in [2.05, 4.69) is 4.98 Å². The fraction of sp³-hybridized carbons (Fsp3) is 0.579. The number of rotatable bonds is 5. The molecule has 1 atom stereocenters. The van der Waals surface area contributed by atoms with Gasteiger partial charge in [-0.2, -0.15) is 0 Å². The lowest BCUT2D eigenvalue weighted by molar-refractivity contribution is -0.145. The van der Waals surface area contributed by atoms with Gasteiger partial charge < -0.3 is 19.9 Å². The van der Waals surface area contributed by atoms with Gasteiger partial charge in [0.05, 0.1) is 0 Å². The van der Waals surface area contributed by atoms with E-state index >= 15 is 0 Å². The van der Waals surface area contributed by atoms with Gasteiger partial charge in [0.15, 0.2) is 0 Å². The van der Waals surface area contributed by atoms with Gasteiger partial charge in [0, 0.05) is 43.4 Å². The Morgan fingerprint density at radius 3 is 2.56 bits per heavy atom. The molecule has 0 aliphatic carbocycles. The van der Waals surface area contributed by atoms with Crippen molar-refractivity contribution >= 4 is 17.8 Å². The number of nitrogens with one attached hydrogen (secondary N) is 1. The third kappa shape index (κ3) is 5.42. The van der Waals surface area contributed by atoms with Gasteiger partial charge in [-0.3, -0.25) is 19.2 Å². The maximum absolute atomic E-state index is 12.9. The molecule has 1 unspecified atom stereocenters. The van der Waals surface area contributed by atoms with Crippen molar-refractivity contribution in [3.63, 3.8) is 0 Å². The van der Waals surface area contributed by atoms with E-state index in [4.69, 9.17) is 5.11 Å². The van der Waals surface area contributed by atoms with Gasteiger partial charge in [-0.15, -0.1) is 0 Å². The van der Waals surface area contributed by atoms with E-state index < -0.39 is 5.97 Å². The van der Waals surface area contributed by atoms with Gasteiger partial charge in [0.1, 0.15) is 6.54 Å². The van der Waals surface area contributed by atoms with Gasteiger partial charge >= 0.3 is 5.97 Å². The molecule has 1 saturated heterocycles. The van der Waals surface area contributed by atoms with Gasteiger partial charge in [-0.05, 0) is 31.2 Å².